The zero-order valence-electron chi connectivity index (χ0n) is 19.2. The molecule has 7 rings (SSSR count). The third-order valence-corrected chi connectivity index (χ3v) is 7.68. The number of amides is 2. The first-order chi connectivity index (χ1) is 17.6. The third kappa shape index (κ3) is 2.86. The van der Waals surface area contributed by atoms with E-state index in [0.29, 0.717) is 11.4 Å². The average molecular weight is 472 g/mol. The molecule has 174 valence electrons. The van der Waals surface area contributed by atoms with E-state index in [2.05, 4.69) is 0 Å². The van der Waals surface area contributed by atoms with E-state index < -0.39 is 23.7 Å². The number of esters is 1. The summed E-state index contributed by atoms with van der Waals surface area (Å²) < 4.78 is 5.93. The molecule has 0 saturated carbocycles. The predicted octanol–water partition coefficient (Wildman–Crippen LogP) is 5.36. The Morgan fingerprint density at radius 1 is 0.667 bits per heavy atom. The van der Waals surface area contributed by atoms with Gasteiger partial charge in [-0.25, -0.2) is 4.90 Å². The van der Waals surface area contributed by atoms with Crippen molar-refractivity contribution < 1.29 is 19.1 Å². The summed E-state index contributed by atoms with van der Waals surface area (Å²) in [7, 11) is 0. The largest absolute Gasteiger partial charge is 0.425 e. The first-order valence-corrected chi connectivity index (χ1v) is 12.1. The van der Waals surface area contributed by atoms with Crippen molar-refractivity contribution >= 4 is 39.8 Å². The lowest BCUT2D eigenvalue weighted by atomic mass is 9.64. The van der Waals surface area contributed by atoms with Crippen molar-refractivity contribution in [3.05, 3.63) is 114 Å². The van der Waals surface area contributed by atoms with Gasteiger partial charge >= 0.3 is 5.97 Å². The molecule has 0 spiro atoms. The molecule has 2 aliphatic heterocycles. The smallest absolute Gasteiger partial charge is 0.319 e. The van der Waals surface area contributed by atoms with E-state index in [1.807, 2.05) is 78.9 Å². The maximum Gasteiger partial charge on any atom is 0.319 e. The van der Waals surface area contributed by atoms with Gasteiger partial charge in [-0.3, -0.25) is 14.4 Å². The molecular weight excluding hydrogens is 450 g/mol. The van der Waals surface area contributed by atoms with Crippen molar-refractivity contribution in [3.8, 4) is 5.75 Å². The Labute approximate surface area is 207 Å². The number of imide groups is 1. The number of para-hydroxylation sites is 1. The minimum atomic E-state index is -0.839. The topological polar surface area (TPSA) is 63.7 Å². The van der Waals surface area contributed by atoms with Crippen LogP contribution in [0, 0.1) is 17.8 Å². The fourth-order valence-electron chi connectivity index (χ4n) is 6.12. The quantitative estimate of drug-likeness (QED) is 0.224. The minimum Gasteiger partial charge on any atom is -0.425 e. The Bertz CT molecular complexity index is 1590. The highest BCUT2D eigenvalue weighted by Gasteiger charge is 2.60. The van der Waals surface area contributed by atoms with E-state index in [4.69, 9.17) is 4.74 Å². The van der Waals surface area contributed by atoms with Gasteiger partial charge < -0.3 is 4.74 Å². The van der Waals surface area contributed by atoms with E-state index >= 15 is 0 Å². The summed E-state index contributed by atoms with van der Waals surface area (Å²) in [4.78, 5) is 42.6. The van der Waals surface area contributed by atoms with Crippen molar-refractivity contribution in [1.29, 1.82) is 0 Å². The van der Waals surface area contributed by atoms with Gasteiger partial charge in [0.15, 0.2) is 0 Å². The number of carbonyl (C=O) groups is 3. The zero-order chi connectivity index (χ0) is 24.4. The molecule has 4 aromatic carbocycles. The fourth-order valence-corrected chi connectivity index (χ4v) is 6.12. The molecule has 0 aromatic heterocycles. The first kappa shape index (κ1) is 20.8. The van der Waals surface area contributed by atoms with E-state index in [-0.39, 0.29) is 17.7 Å². The molecule has 1 fully saturated rings. The van der Waals surface area contributed by atoms with Gasteiger partial charge in [-0.05, 0) is 28.7 Å². The van der Waals surface area contributed by atoms with E-state index in [9.17, 15) is 14.4 Å². The molecule has 1 aliphatic carbocycles. The number of hydrogen-bond acceptors (Lipinski definition) is 4. The summed E-state index contributed by atoms with van der Waals surface area (Å²) in [5.41, 5.74) is 3.02. The molecule has 5 nitrogen and oxygen atoms in total. The number of carbonyl (C=O) groups excluding carboxylic acids is 3. The van der Waals surface area contributed by atoms with Crippen LogP contribution < -0.4 is 9.64 Å². The van der Waals surface area contributed by atoms with Crippen molar-refractivity contribution in [2.45, 2.75) is 5.92 Å². The summed E-state index contributed by atoms with van der Waals surface area (Å²) in [5, 5.41) is 1.82. The van der Waals surface area contributed by atoms with Gasteiger partial charge in [0.1, 0.15) is 5.75 Å². The molecular formula is C31H21NO4. The highest BCUT2D eigenvalue weighted by Crippen LogP contribution is 2.55. The molecule has 1 saturated heterocycles. The van der Waals surface area contributed by atoms with Gasteiger partial charge in [0.25, 0.3) is 0 Å². The number of ether oxygens (including phenoxy) is 1. The van der Waals surface area contributed by atoms with Crippen LogP contribution in [0.25, 0.3) is 16.3 Å². The van der Waals surface area contributed by atoms with Crippen LogP contribution in [0.15, 0.2) is 103 Å². The molecule has 0 bridgehead atoms. The number of hydrogen-bond donors (Lipinski definition) is 0. The SMILES string of the molecule is O=C1Oc2c(ccc3ccccc23)C2=C[C@H](c3ccccc3)[C@@H]3C(=O)N(c4ccccc4)C(=O)[C@H]3[C@H]12. The first-order valence-electron chi connectivity index (χ1n) is 12.1. The number of allylic oxidation sites excluding steroid dienone is 1. The maximum absolute atomic E-state index is 13.9. The van der Waals surface area contributed by atoms with Crippen LogP contribution in [0.4, 0.5) is 5.69 Å². The Hall–Kier alpha value is -4.51. The maximum atomic E-state index is 13.9. The molecule has 3 aliphatic rings. The summed E-state index contributed by atoms with van der Waals surface area (Å²) in [6, 6.07) is 30.4. The molecule has 4 aromatic rings. The van der Waals surface area contributed by atoms with Crippen molar-refractivity contribution in [3.63, 3.8) is 0 Å². The van der Waals surface area contributed by atoms with Crippen LogP contribution in [0.1, 0.15) is 17.0 Å². The normalized spacial score (nSPS) is 24.6. The molecule has 5 heteroatoms. The second-order valence-electron chi connectivity index (χ2n) is 9.52. The minimum absolute atomic E-state index is 0.280. The van der Waals surface area contributed by atoms with Crippen LogP contribution in [-0.4, -0.2) is 17.8 Å². The average Bonchev–Trinajstić information content (AvgIpc) is 3.19. The second kappa shape index (κ2) is 7.75. The van der Waals surface area contributed by atoms with Gasteiger partial charge in [0.05, 0.1) is 23.4 Å². The van der Waals surface area contributed by atoms with E-state index in [1.165, 1.54) is 4.90 Å². The standard InChI is InChI=1S/C31H21NO4/c33-29-25-23(18-9-3-1-4-10-18)17-24-22-16-15-19-11-7-8-14-21(19)28(22)36-31(35)26(24)27(25)30(34)32(29)20-12-5-2-6-13-20/h1-17,23,25-27H/t23-,25+,26-,27-/m1/s1. The summed E-state index contributed by atoms with van der Waals surface area (Å²) in [6.07, 6.45) is 2.02. The molecule has 0 radical (unpaired) electrons. The van der Waals surface area contributed by atoms with Gasteiger partial charge in [0.2, 0.25) is 11.8 Å². The van der Waals surface area contributed by atoms with Crippen LogP contribution in [0.3, 0.4) is 0 Å². The van der Waals surface area contributed by atoms with Crippen molar-refractivity contribution in [2.24, 2.45) is 17.8 Å². The fraction of sp³-hybridized carbons (Fsp3) is 0.129. The molecule has 0 N–H and O–H groups in total. The number of benzene rings is 4. The molecule has 0 unspecified atom stereocenters. The number of fused-ring (bicyclic) bond motifs is 7. The van der Waals surface area contributed by atoms with Crippen LogP contribution in [0.2, 0.25) is 0 Å². The third-order valence-electron chi connectivity index (χ3n) is 7.68. The number of nitrogens with zero attached hydrogens (tertiary/aromatic N) is 1. The van der Waals surface area contributed by atoms with Crippen molar-refractivity contribution in [2.75, 3.05) is 4.90 Å². The lowest BCUT2D eigenvalue weighted by Gasteiger charge is -2.38. The summed E-state index contributed by atoms with van der Waals surface area (Å²) in [5.74, 6) is -3.32. The van der Waals surface area contributed by atoms with E-state index in [1.54, 1.807) is 24.3 Å². The highest BCUT2D eigenvalue weighted by atomic mass is 16.5. The summed E-state index contributed by atoms with van der Waals surface area (Å²) in [6.45, 7) is 0. The number of rotatable bonds is 2. The van der Waals surface area contributed by atoms with E-state index in [0.717, 1.165) is 27.5 Å². The molecule has 36 heavy (non-hydrogen) atoms. The van der Waals surface area contributed by atoms with Crippen molar-refractivity contribution in [1.82, 2.24) is 0 Å². The molecule has 4 atom stereocenters. The monoisotopic (exact) mass is 471 g/mol. The Morgan fingerprint density at radius 2 is 1.33 bits per heavy atom. The second-order valence-corrected chi connectivity index (χ2v) is 9.52. The lowest BCUT2D eigenvalue weighted by molar-refractivity contribution is -0.142. The Balaban J connectivity index is 1.46. The van der Waals surface area contributed by atoms with Crippen LogP contribution in [-0.2, 0) is 14.4 Å². The highest BCUT2D eigenvalue weighted by molar-refractivity contribution is 6.24. The Morgan fingerprint density at radius 3 is 2.11 bits per heavy atom. The predicted molar refractivity (Wildman–Crippen MR) is 136 cm³/mol. The molecule has 2 heterocycles. The van der Waals surface area contributed by atoms with Gasteiger partial charge in [-0.1, -0.05) is 91.0 Å². The molecule has 2 amide bonds. The van der Waals surface area contributed by atoms with Gasteiger partial charge in [0, 0.05) is 16.9 Å². The zero-order valence-corrected chi connectivity index (χ0v) is 19.2. The Kier molecular flexibility index (Phi) is 4.48. The van der Waals surface area contributed by atoms with Crippen LogP contribution >= 0.6 is 0 Å². The van der Waals surface area contributed by atoms with Gasteiger partial charge in [-0.2, -0.15) is 0 Å². The van der Waals surface area contributed by atoms with Crippen LogP contribution in [0.5, 0.6) is 5.75 Å². The van der Waals surface area contributed by atoms with Gasteiger partial charge in [-0.15, -0.1) is 0 Å². The summed E-state index contributed by atoms with van der Waals surface area (Å²) >= 11 is 0. The number of anilines is 1. The lowest BCUT2D eigenvalue weighted by Crippen LogP contribution is -2.42.